The minimum atomic E-state index is 0. The number of allylic oxidation sites excluding steroid dienone is 1. The maximum absolute atomic E-state index is 9.67. The summed E-state index contributed by atoms with van der Waals surface area (Å²) in [4.78, 5) is 9.18. The minimum absolute atomic E-state index is 0. The number of aliphatic imine (C=N–C) groups is 1. The van der Waals surface area contributed by atoms with Gasteiger partial charge in [0.15, 0.2) is 5.96 Å². The van der Waals surface area contributed by atoms with E-state index in [-0.39, 0.29) is 37.4 Å². The van der Waals surface area contributed by atoms with Crippen LogP contribution in [0.4, 0.5) is 11.4 Å². The van der Waals surface area contributed by atoms with Gasteiger partial charge in [0.2, 0.25) is 0 Å². The van der Waals surface area contributed by atoms with Crippen LogP contribution >= 0.6 is 24.8 Å². The summed E-state index contributed by atoms with van der Waals surface area (Å²) < 4.78 is 0. The van der Waals surface area contributed by atoms with Crippen molar-refractivity contribution in [1.82, 2.24) is 4.90 Å². The first-order chi connectivity index (χ1) is 18.0. The lowest BCUT2D eigenvalue weighted by Gasteiger charge is -2.38. The van der Waals surface area contributed by atoms with Crippen LogP contribution in [0, 0.1) is 0 Å². The summed E-state index contributed by atoms with van der Waals surface area (Å²) in [6.07, 6.45) is 1.46. The standard InChI is InChI=1S/C31H39N5O.2ClH/c1-23(2)35-18-20-36(21-19-35)28-16-12-26(13-17-28)30(25-10-14-27(15-11-25)34-31(32)33)29(9-6-22-37)24-7-4-3-5-8-24;;/h3-5,7-8,10-17,23,37H,6,9,18-22H2,1-2H3,(H4,32,33,34);2*1H/b30-29-;;. The van der Waals surface area contributed by atoms with E-state index >= 15 is 0 Å². The zero-order valence-electron chi connectivity index (χ0n) is 22.8. The van der Waals surface area contributed by atoms with Gasteiger partial charge in [0.25, 0.3) is 0 Å². The van der Waals surface area contributed by atoms with Crippen molar-refractivity contribution in [3.05, 3.63) is 95.6 Å². The number of hydrogen-bond acceptors (Lipinski definition) is 4. The monoisotopic (exact) mass is 569 g/mol. The molecule has 1 saturated heterocycles. The van der Waals surface area contributed by atoms with Crippen LogP contribution in [-0.2, 0) is 0 Å². The van der Waals surface area contributed by atoms with Gasteiger partial charge in [-0.25, -0.2) is 4.99 Å². The van der Waals surface area contributed by atoms with Gasteiger partial charge in [-0.15, -0.1) is 24.8 Å². The zero-order valence-corrected chi connectivity index (χ0v) is 24.4. The van der Waals surface area contributed by atoms with Gasteiger partial charge in [0, 0.05) is 44.5 Å². The Morgan fingerprint density at radius 3 is 1.87 bits per heavy atom. The quantitative estimate of drug-likeness (QED) is 0.175. The van der Waals surface area contributed by atoms with E-state index < -0.39 is 0 Å². The fourth-order valence-electron chi connectivity index (χ4n) is 5.01. The van der Waals surface area contributed by atoms with Crippen LogP contribution in [0.2, 0.25) is 0 Å². The molecular weight excluding hydrogens is 529 g/mol. The van der Waals surface area contributed by atoms with Gasteiger partial charge >= 0.3 is 0 Å². The number of anilines is 1. The van der Waals surface area contributed by atoms with E-state index in [0.29, 0.717) is 12.5 Å². The highest BCUT2D eigenvalue weighted by Gasteiger charge is 2.20. The maximum atomic E-state index is 9.67. The summed E-state index contributed by atoms with van der Waals surface area (Å²) >= 11 is 0. The lowest BCUT2D eigenvalue weighted by atomic mass is 9.87. The van der Waals surface area contributed by atoms with Gasteiger partial charge in [-0.3, -0.25) is 4.90 Å². The third-order valence-electron chi connectivity index (χ3n) is 6.99. The van der Waals surface area contributed by atoms with E-state index in [2.05, 4.69) is 89.3 Å². The third kappa shape index (κ3) is 8.48. The van der Waals surface area contributed by atoms with Crippen LogP contribution in [0.25, 0.3) is 11.1 Å². The smallest absolute Gasteiger partial charge is 0.191 e. The number of nitrogens with zero attached hydrogens (tertiary/aromatic N) is 3. The predicted molar refractivity (Wildman–Crippen MR) is 170 cm³/mol. The molecule has 39 heavy (non-hydrogen) atoms. The van der Waals surface area contributed by atoms with Gasteiger partial charge in [-0.1, -0.05) is 54.6 Å². The molecule has 4 rings (SSSR count). The van der Waals surface area contributed by atoms with E-state index in [1.807, 2.05) is 18.2 Å². The highest BCUT2D eigenvalue weighted by molar-refractivity contribution is 5.99. The minimum Gasteiger partial charge on any atom is -0.396 e. The van der Waals surface area contributed by atoms with Crippen molar-refractivity contribution in [2.45, 2.75) is 32.7 Å². The molecule has 0 saturated carbocycles. The molecule has 0 unspecified atom stereocenters. The molecule has 0 bridgehead atoms. The summed E-state index contributed by atoms with van der Waals surface area (Å²) in [5, 5.41) is 9.67. The topological polar surface area (TPSA) is 91.1 Å². The number of piperazine rings is 1. The Labute approximate surface area is 245 Å². The molecule has 3 aromatic carbocycles. The number of rotatable bonds is 9. The summed E-state index contributed by atoms with van der Waals surface area (Å²) in [5.41, 5.74) is 18.9. The van der Waals surface area contributed by atoms with Crippen LogP contribution in [0.5, 0.6) is 0 Å². The molecular formula is C31H41Cl2N5O. The van der Waals surface area contributed by atoms with E-state index in [1.165, 1.54) is 11.3 Å². The number of aliphatic hydroxyl groups is 1. The van der Waals surface area contributed by atoms with E-state index in [1.54, 1.807) is 0 Å². The summed E-state index contributed by atoms with van der Waals surface area (Å²) in [7, 11) is 0. The van der Waals surface area contributed by atoms with E-state index in [0.717, 1.165) is 60.6 Å². The average molecular weight is 571 g/mol. The van der Waals surface area contributed by atoms with Crippen molar-refractivity contribution in [1.29, 1.82) is 0 Å². The first kappa shape index (κ1) is 32.2. The second-order valence-corrected chi connectivity index (χ2v) is 9.79. The number of nitrogens with two attached hydrogens (primary N) is 2. The average Bonchev–Trinajstić information content (AvgIpc) is 2.92. The molecule has 5 N–H and O–H groups in total. The largest absolute Gasteiger partial charge is 0.396 e. The Morgan fingerprint density at radius 2 is 1.36 bits per heavy atom. The Kier molecular flexibility index (Phi) is 12.8. The molecule has 8 heteroatoms. The van der Waals surface area contributed by atoms with Crippen molar-refractivity contribution < 1.29 is 5.11 Å². The third-order valence-corrected chi connectivity index (χ3v) is 6.99. The molecule has 6 nitrogen and oxygen atoms in total. The van der Waals surface area contributed by atoms with Gasteiger partial charge in [-0.2, -0.15) is 0 Å². The lowest BCUT2D eigenvalue weighted by Crippen LogP contribution is -2.48. The number of benzene rings is 3. The molecule has 0 aromatic heterocycles. The van der Waals surface area contributed by atoms with Crippen molar-refractivity contribution in [3.63, 3.8) is 0 Å². The maximum Gasteiger partial charge on any atom is 0.191 e. The Hall–Kier alpha value is -3.03. The second-order valence-electron chi connectivity index (χ2n) is 9.79. The number of hydrogen-bond donors (Lipinski definition) is 3. The molecule has 3 aromatic rings. The van der Waals surface area contributed by atoms with E-state index in [9.17, 15) is 5.11 Å². The first-order valence-corrected chi connectivity index (χ1v) is 13.1. The first-order valence-electron chi connectivity index (χ1n) is 13.1. The second kappa shape index (κ2) is 15.5. The molecule has 210 valence electrons. The van der Waals surface area contributed by atoms with Gasteiger partial charge in [0.05, 0.1) is 5.69 Å². The van der Waals surface area contributed by atoms with Crippen LogP contribution < -0.4 is 16.4 Å². The lowest BCUT2D eigenvalue weighted by molar-refractivity contribution is 0.209. The molecule has 1 aliphatic heterocycles. The number of guanidine groups is 1. The molecule has 1 aliphatic rings. The molecule has 0 aliphatic carbocycles. The number of aliphatic hydroxyl groups excluding tert-OH is 1. The molecule has 1 fully saturated rings. The fraction of sp³-hybridized carbons (Fsp3) is 0.323. The van der Waals surface area contributed by atoms with Crippen LogP contribution in [0.15, 0.2) is 83.9 Å². The SMILES string of the molecule is CC(C)N1CCN(c2ccc(/C(=C(/CCCO)c3ccccc3)c3ccc(N=C(N)N)cc3)cc2)CC1.Cl.Cl. The predicted octanol–water partition coefficient (Wildman–Crippen LogP) is 5.70. The van der Waals surface area contributed by atoms with E-state index in [4.69, 9.17) is 11.5 Å². The summed E-state index contributed by atoms with van der Waals surface area (Å²) in [6, 6.07) is 28.0. The van der Waals surface area contributed by atoms with Gasteiger partial charge in [-0.05, 0) is 78.8 Å². The van der Waals surface area contributed by atoms with Crippen molar-refractivity contribution in [2.24, 2.45) is 16.5 Å². The number of halogens is 2. The fourth-order valence-corrected chi connectivity index (χ4v) is 5.01. The Bertz CT molecular complexity index is 1200. The van der Waals surface area contributed by atoms with Crippen LogP contribution in [-0.4, -0.2) is 54.8 Å². The molecule has 1 heterocycles. The van der Waals surface area contributed by atoms with Crippen molar-refractivity contribution in [2.75, 3.05) is 37.7 Å². The highest BCUT2D eigenvalue weighted by atomic mass is 35.5. The Balaban J connectivity index is 0.00000267. The summed E-state index contributed by atoms with van der Waals surface area (Å²) in [5.74, 6) is 0.0428. The molecule has 0 atom stereocenters. The van der Waals surface area contributed by atoms with Crippen molar-refractivity contribution >= 4 is 53.3 Å². The summed E-state index contributed by atoms with van der Waals surface area (Å²) in [6.45, 7) is 8.94. The molecule has 0 radical (unpaired) electrons. The highest BCUT2D eigenvalue weighted by Crippen LogP contribution is 2.36. The zero-order chi connectivity index (χ0) is 26.2. The normalized spacial score (nSPS) is 14.2. The molecule has 0 amide bonds. The molecule has 0 spiro atoms. The van der Waals surface area contributed by atoms with Crippen LogP contribution in [0.1, 0.15) is 43.4 Å². The van der Waals surface area contributed by atoms with Crippen LogP contribution in [0.3, 0.4) is 0 Å². The van der Waals surface area contributed by atoms with Gasteiger partial charge < -0.3 is 21.5 Å². The Morgan fingerprint density at radius 1 is 0.795 bits per heavy atom. The van der Waals surface area contributed by atoms with Crippen molar-refractivity contribution in [3.8, 4) is 0 Å². The van der Waals surface area contributed by atoms with Gasteiger partial charge in [0.1, 0.15) is 0 Å².